The molecule has 111 heavy (non-hydrogen) atoms. The molecule has 0 aromatic carbocycles. The average molecular weight is 1590 g/mol. The SMILES string of the molecule is CC/C=C\C/C=C\C/C=C\C/C=C\C/C=C\C/C=C\CCCCCCCCCCCCC(=O)OCC(O)COP(=O)(O)OCC(O)COP(=O)(O)OCC(COC(=O)CCCCCCCC/C=C\C/C=C\C/C=C\C/C=C\C/C=C\C/C=C\CC)OC(=O)CCCCCCC/C=C\C/C=C\C/C=C\C/C=C\CCCCC. The first-order valence-corrected chi connectivity index (χ1v) is 45.7. The van der Waals surface area contributed by atoms with Crippen molar-refractivity contribution in [1.82, 2.24) is 0 Å². The van der Waals surface area contributed by atoms with E-state index in [1.807, 2.05) is 0 Å². The summed E-state index contributed by atoms with van der Waals surface area (Å²) < 4.78 is 61.3. The maximum Gasteiger partial charge on any atom is 0.472 e. The van der Waals surface area contributed by atoms with Crippen LogP contribution in [0.25, 0.3) is 0 Å². The molecule has 0 rings (SSSR count). The van der Waals surface area contributed by atoms with Gasteiger partial charge in [0.05, 0.1) is 26.4 Å². The van der Waals surface area contributed by atoms with Gasteiger partial charge in [-0.3, -0.25) is 32.5 Å². The van der Waals surface area contributed by atoms with Gasteiger partial charge < -0.3 is 34.2 Å². The van der Waals surface area contributed by atoms with Crippen LogP contribution in [0, 0.1) is 0 Å². The second-order valence-electron chi connectivity index (χ2n) is 27.9. The number of rotatable bonds is 79. The minimum absolute atomic E-state index is 0.0726. The fraction of sp³-hybridized carbons (Fsp3) is 0.624. The number of hydrogen-bond acceptors (Lipinski definition) is 14. The van der Waals surface area contributed by atoms with E-state index < -0.39 is 91.5 Å². The molecule has 0 aromatic heterocycles. The van der Waals surface area contributed by atoms with Gasteiger partial charge in [-0.25, -0.2) is 9.13 Å². The highest BCUT2D eigenvalue weighted by atomic mass is 31.2. The van der Waals surface area contributed by atoms with Crippen LogP contribution in [0.5, 0.6) is 0 Å². The Morgan fingerprint density at radius 2 is 0.477 bits per heavy atom. The van der Waals surface area contributed by atoms with Crippen molar-refractivity contribution in [2.24, 2.45) is 0 Å². The van der Waals surface area contributed by atoms with Crippen molar-refractivity contribution >= 4 is 33.6 Å². The summed E-state index contributed by atoms with van der Waals surface area (Å²) in [6.07, 6.45) is 110. The quantitative estimate of drug-likeness (QED) is 0.0146. The van der Waals surface area contributed by atoms with Gasteiger partial charge in [0.15, 0.2) is 6.10 Å². The zero-order chi connectivity index (χ0) is 80.8. The fourth-order valence-electron chi connectivity index (χ4n) is 10.9. The number of phosphoric ester groups is 2. The van der Waals surface area contributed by atoms with Crippen molar-refractivity contribution < 1.29 is 75.8 Å². The summed E-state index contributed by atoms with van der Waals surface area (Å²) in [5, 5.41) is 20.7. The molecular formula is C93H152O16P2. The van der Waals surface area contributed by atoms with E-state index in [2.05, 4.69) is 215 Å². The van der Waals surface area contributed by atoms with Crippen molar-refractivity contribution in [3.63, 3.8) is 0 Å². The molecule has 5 unspecified atom stereocenters. The standard InChI is InChI=1S/C93H152O16P2/c1-4-7-10-13-16-19-22-25-28-31-34-37-39-41-42-43-44-46-48-50-52-55-58-61-64-67-70-73-76-79-91(96)103-82-88(94)83-105-110(99,100)106-84-89(95)85-107-111(101,102)108-87-90(109-93(98)81-78-75-72-69-66-63-60-57-54-49-36-33-30-27-24-21-18-15-12-9-6-3)86-104-92(97)80-77-74-71-68-65-62-59-56-53-51-47-45-40-38-35-32-29-26-23-20-17-14-11-8-5-2/h7-8,10-11,16-21,25-30,34-38,41-42,44-47,49,53,56-57,60,88-90,94-95H,4-6,9,12-15,22-24,31-33,39-40,43,48,50-52,54-55,58-59,61-87H2,1-3H3,(H,99,100)(H,101,102)/b10-7-,11-8-,19-16-,20-17-,21-18-,28-25-,29-26-,30-27-,37-34-,38-35-,42-41-,46-44-,47-45-,49-36-,56-53-,60-57-. The number of aliphatic hydroxyl groups excluding tert-OH is 2. The Labute approximate surface area is 674 Å². The number of carbonyl (C=O) groups is 3. The molecule has 0 saturated heterocycles. The number of allylic oxidation sites excluding steroid dienone is 32. The van der Waals surface area contributed by atoms with Crippen LogP contribution in [0.1, 0.15) is 316 Å². The van der Waals surface area contributed by atoms with E-state index in [9.17, 15) is 43.5 Å². The molecule has 0 bridgehead atoms. The number of unbranched alkanes of at least 4 members (excludes halogenated alkanes) is 24. The summed E-state index contributed by atoms with van der Waals surface area (Å²) >= 11 is 0. The molecule has 0 spiro atoms. The summed E-state index contributed by atoms with van der Waals surface area (Å²) in [5.74, 6) is -1.62. The Bertz CT molecular complexity index is 2800. The smallest absolute Gasteiger partial charge is 0.463 e. The summed E-state index contributed by atoms with van der Waals surface area (Å²) in [7, 11) is -9.83. The Hall–Kier alpha value is -5.61. The fourth-order valence-corrected chi connectivity index (χ4v) is 12.4. The Morgan fingerprint density at radius 3 is 0.757 bits per heavy atom. The number of hydrogen-bond donors (Lipinski definition) is 4. The molecule has 0 heterocycles. The van der Waals surface area contributed by atoms with Gasteiger partial charge >= 0.3 is 33.6 Å². The Morgan fingerprint density at radius 1 is 0.261 bits per heavy atom. The molecule has 0 radical (unpaired) electrons. The topological polar surface area (TPSA) is 231 Å². The van der Waals surface area contributed by atoms with Crippen LogP contribution < -0.4 is 0 Å². The van der Waals surface area contributed by atoms with Crippen LogP contribution in [-0.2, 0) is 55.8 Å². The molecule has 0 aliphatic heterocycles. The Balaban J connectivity index is 4.69. The summed E-state index contributed by atoms with van der Waals surface area (Å²) in [4.78, 5) is 58.9. The van der Waals surface area contributed by atoms with Crippen LogP contribution in [0.4, 0.5) is 0 Å². The molecule has 0 amide bonds. The highest BCUT2D eigenvalue weighted by molar-refractivity contribution is 7.47. The van der Waals surface area contributed by atoms with Gasteiger partial charge in [-0.1, -0.05) is 324 Å². The number of aliphatic hydroxyl groups is 2. The van der Waals surface area contributed by atoms with Crippen LogP contribution in [-0.4, -0.2) is 95.9 Å². The first-order valence-electron chi connectivity index (χ1n) is 42.7. The molecule has 0 fully saturated rings. The van der Waals surface area contributed by atoms with Crippen molar-refractivity contribution in [2.75, 3.05) is 39.6 Å². The van der Waals surface area contributed by atoms with E-state index in [4.69, 9.17) is 32.3 Å². The van der Waals surface area contributed by atoms with Crippen molar-refractivity contribution in [1.29, 1.82) is 0 Å². The van der Waals surface area contributed by atoms with Gasteiger partial charge in [0.1, 0.15) is 25.4 Å². The third-order valence-electron chi connectivity index (χ3n) is 17.3. The zero-order valence-electron chi connectivity index (χ0n) is 69.1. The normalized spacial score (nSPS) is 14.8. The molecule has 16 nitrogen and oxygen atoms in total. The first-order chi connectivity index (χ1) is 54.2. The van der Waals surface area contributed by atoms with Crippen LogP contribution in [0.3, 0.4) is 0 Å². The van der Waals surface area contributed by atoms with Gasteiger partial charge in [0, 0.05) is 19.3 Å². The minimum Gasteiger partial charge on any atom is -0.463 e. The van der Waals surface area contributed by atoms with Gasteiger partial charge in [-0.15, -0.1) is 0 Å². The molecule has 18 heteroatoms. The number of carbonyl (C=O) groups excluding carboxylic acids is 3. The maximum absolute atomic E-state index is 13.0. The maximum atomic E-state index is 13.0. The molecule has 0 saturated carbocycles. The van der Waals surface area contributed by atoms with E-state index in [0.29, 0.717) is 19.3 Å². The molecule has 0 aliphatic rings. The molecule has 0 aliphatic carbocycles. The van der Waals surface area contributed by atoms with E-state index in [-0.39, 0.29) is 19.3 Å². The highest BCUT2D eigenvalue weighted by Crippen LogP contribution is 2.45. The lowest BCUT2D eigenvalue weighted by atomic mass is 10.1. The largest absolute Gasteiger partial charge is 0.472 e. The minimum atomic E-state index is -4.96. The molecular weight excluding hydrogens is 1430 g/mol. The summed E-state index contributed by atoms with van der Waals surface area (Å²) in [6, 6.07) is 0. The number of phosphoric acid groups is 2. The molecule has 0 aromatic rings. The summed E-state index contributed by atoms with van der Waals surface area (Å²) in [5.41, 5.74) is 0. The van der Waals surface area contributed by atoms with E-state index in [1.165, 1.54) is 51.4 Å². The van der Waals surface area contributed by atoms with Crippen LogP contribution >= 0.6 is 15.6 Å². The lowest BCUT2D eigenvalue weighted by molar-refractivity contribution is -0.161. The van der Waals surface area contributed by atoms with Gasteiger partial charge in [-0.2, -0.15) is 0 Å². The molecule has 630 valence electrons. The number of ether oxygens (including phenoxy) is 3. The lowest BCUT2D eigenvalue weighted by Crippen LogP contribution is -2.30. The first kappa shape index (κ1) is 105. The van der Waals surface area contributed by atoms with E-state index in [0.717, 1.165) is 205 Å². The highest BCUT2D eigenvalue weighted by Gasteiger charge is 2.29. The molecule has 4 N–H and O–H groups in total. The van der Waals surface area contributed by atoms with Crippen molar-refractivity contribution in [3.05, 3.63) is 194 Å². The van der Waals surface area contributed by atoms with E-state index >= 15 is 0 Å². The third kappa shape index (κ3) is 85.1. The predicted molar refractivity (Wildman–Crippen MR) is 463 cm³/mol. The van der Waals surface area contributed by atoms with Crippen LogP contribution in [0.15, 0.2) is 194 Å². The second-order valence-corrected chi connectivity index (χ2v) is 30.8. The monoisotopic (exact) mass is 1590 g/mol. The second kappa shape index (κ2) is 83.8. The van der Waals surface area contributed by atoms with E-state index in [1.54, 1.807) is 0 Å². The van der Waals surface area contributed by atoms with Crippen molar-refractivity contribution in [2.45, 2.75) is 334 Å². The van der Waals surface area contributed by atoms with Crippen LogP contribution in [0.2, 0.25) is 0 Å². The average Bonchev–Trinajstić information content (AvgIpc) is 0.898. The van der Waals surface area contributed by atoms with Crippen molar-refractivity contribution in [3.8, 4) is 0 Å². The predicted octanol–water partition coefficient (Wildman–Crippen LogP) is 25.9. The Kier molecular flexibility index (Phi) is 79.6. The van der Waals surface area contributed by atoms with Gasteiger partial charge in [-0.05, 0) is 167 Å². The zero-order valence-corrected chi connectivity index (χ0v) is 70.8. The van der Waals surface area contributed by atoms with Gasteiger partial charge in [0.25, 0.3) is 0 Å². The lowest BCUT2D eigenvalue weighted by Gasteiger charge is -2.21. The van der Waals surface area contributed by atoms with Gasteiger partial charge in [0.2, 0.25) is 0 Å². The molecule has 5 atom stereocenters. The summed E-state index contributed by atoms with van der Waals surface area (Å²) in [6.45, 7) is 2.38. The third-order valence-corrected chi connectivity index (χ3v) is 19.2. The number of esters is 3.